The van der Waals surface area contributed by atoms with Crippen molar-refractivity contribution in [1.29, 1.82) is 0 Å². The quantitative estimate of drug-likeness (QED) is 0.610. The zero-order chi connectivity index (χ0) is 11.0. The second kappa shape index (κ2) is 7.24. The van der Waals surface area contributed by atoms with Crippen LogP contribution in [0.3, 0.4) is 0 Å². The fourth-order valence-corrected chi connectivity index (χ4v) is 2.07. The lowest BCUT2D eigenvalue weighted by Crippen LogP contribution is -2.51. The van der Waals surface area contributed by atoms with Gasteiger partial charge in [-0.1, -0.05) is 33.6 Å². The Bertz CT molecular complexity index is 122. The largest absolute Gasteiger partial charge is 0.329 e. The molecule has 0 radical (unpaired) electrons. The minimum Gasteiger partial charge on any atom is -0.329 e. The maximum atomic E-state index is 5.89. The van der Waals surface area contributed by atoms with Gasteiger partial charge in [0.1, 0.15) is 0 Å². The van der Waals surface area contributed by atoms with Crippen LogP contribution in [0.2, 0.25) is 0 Å². The van der Waals surface area contributed by atoms with E-state index in [4.69, 9.17) is 5.73 Å². The number of rotatable bonds is 8. The van der Waals surface area contributed by atoms with Crippen molar-refractivity contribution in [3.05, 3.63) is 0 Å². The highest BCUT2D eigenvalue weighted by Crippen LogP contribution is 2.21. The first-order valence-electron chi connectivity index (χ1n) is 6.08. The Balaban J connectivity index is 4.07. The SMILES string of the molecule is CCCCCN(C)C(CC)(CC)CN. The van der Waals surface area contributed by atoms with Crippen LogP contribution in [0.15, 0.2) is 0 Å². The number of hydrogen-bond acceptors (Lipinski definition) is 2. The molecular weight excluding hydrogens is 172 g/mol. The molecule has 0 aromatic rings. The molecule has 0 aliphatic heterocycles. The smallest absolute Gasteiger partial charge is 0.0323 e. The predicted molar refractivity (Wildman–Crippen MR) is 64.5 cm³/mol. The van der Waals surface area contributed by atoms with E-state index < -0.39 is 0 Å². The van der Waals surface area contributed by atoms with Crippen molar-refractivity contribution in [2.75, 3.05) is 20.1 Å². The summed E-state index contributed by atoms with van der Waals surface area (Å²) in [6.07, 6.45) is 6.24. The summed E-state index contributed by atoms with van der Waals surface area (Å²) < 4.78 is 0. The second-order valence-corrected chi connectivity index (χ2v) is 4.26. The zero-order valence-corrected chi connectivity index (χ0v) is 10.5. The molecule has 0 amide bonds. The lowest BCUT2D eigenvalue weighted by atomic mass is 9.91. The first-order valence-corrected chi connectivity index (χ1v) is 6.08. The van der Waals surface area contributed by atoms with E-state index in [1.165, 1.54) is 25.8 Å². The molecule has 0 saturated heterocycles. The van der Waals surface area contributed by atoms with Crippen LogP contribution in [0.1, 0.15) is 52.9 Å². The van der Waals surface area contributed by atoms with Crippen LogP contribution in [0, 0.1) is 0 Å². The third kappa shape index (κ3) is 3.58. The fraction of sp³-hybridized carbons (Fsp3) is 1.00. The normalized spacial score (nSPS) is 12.4. The Hall–Kier alpha value is -0.0800. The Labute approximate surface area is 89.9 Å². The van der Waals surface area contributed by atoms with Crippen LogP contribution >= 0.6 is 0 Å². The van der Waals surface area contributed by atoms with Gasteiger partial charge in [-0.25, -0.2) is 0 Å². The lowest BCUT2D eigenvalue weighted by molar-refractivity contribution is 0.113. The summed E-state index contributed by atoms with van der Waals surface area (Å²) in [5.74, 6) is 0. The minimum atomic E-state index is 0.244. The molecular formula is C12H28N2. The van der Waals surface area contributed by atoms with Gasteiger partial charge < -0.3 is 5.73 Å². The van der Waals surface area contributed by atoms with Crippen LogP contribution in [0.5, 0.6) is 0 Å². The number of nitrogens with two attached hydrogens (primary N) is 1. The molecule has 0 atom stereocenters. The van der Waals surface area contributed by atoms with Crippen LogP contribution in [0.25, 0.3) is 0 Å². The molecule has 0 aromatic heterocycles. The number of hydrogen-bond donors (Lipinski definition) is 1. The maximum absolute atomic E-state index is 5.89. The second-order valence-electron chi connectivity index (χ2n) is 4.26. The lowest BCUT2D eigenvalue weighted by Gasteiger charge is -2.40. The molecule has 2 N–H and O–H groups in total. The molecule has 2 nitrogen and oxygen atoms in total. The molecule has 0 heterocycles. The van der Waals surface area contributed by atoms with Crippen LogP contribution in [-0.2, 0) is 0 Å². The van der Waals surface area contributed by atoms with E-state index in [2.05, 4.69) is 32.7 Å². The highest BCUT2D eigenvalue weighted by Gasteiger charge is 2.28. The molecule has 0 rings (SSSR count). The number of likely N-dealkylation sites (N-methyl/N-ethyl adjacent to an activating group) is 1. The third-order valence-corrected chi connectivity index (χ3v) is 3.60. The Morgan fingerprint density at radius 3 is 2.00 bits per heavy atom. The van der Waals surface area contributed by atoms with Gasteiger partial charge in [-0.2, -0.15) is 0 Å². The summed E-state index contributed by atoms with van der Waals surface area (Å²) in [6, 6.07) is 0. The van der Waals surface area contributed by atoms with Gasteiger partial charge in [0, 0.05) is 12.1 Å². The maximum Gasteiger partial charge on any atom is 0.0323 e. The van der Waals surface area contributed by atoms with E-state index in [9.17, 15) is 0 Å². The van der Waals surface area contributed by atoms with E-state index in [0.29, 0.717) is 0 Å². The van der Waals surface area contributed by atoms with Crippen LogP contribution in [-0.4, -0.2) is 30.6 Å². The van der Waals surface area contributed by atoms with Gasteiger partial charge in [0.25, 0.3) is 0 Å². The van der Waals surface area contributed by atoms with Gasteiger partial charge >= 0.3 is 0 Å². The fourth-order valence-electron chi connectivity index (χ4n) is 2.07. The molecule has 14 heavy (non-hydrogen) atoms. The summed E-state index contributed by atoms with van der Waals surface area (Å²) in [6.45, 7) is 8.70. The van der Waals surface area contributed by atoms with E-state index >= 15 is 0 Å². The summed E-state index contributed by atoms with van der Waals surface area (Å²) in [5.41, 5.74) is 6.14. The monoisotopic (exact) mass is 200 g/mol. The summed E-state index contributed by atoms with van der Waals surface area (Å²) in [7, 11) is 2.22. The third-order valence-electron chi connectivity index (χ3n) is 3.60. The predicted octanol–water partition coefficient (Wildman–Crippen LogP) is 2.63. The van der Waals surface area contributed by atoms with Gasteiger partial charge in [0.2, 0.25) is 0 Å². The van der Waals surface area contributed by atoms with E-state index in [1.807, 2.05) is 0 Å². The molecule has 2 heteroatoms. The Morgan fingerprint density at radius 1 is 1.07 bits per heavy atom. The van der Waals surface area contributed by atoms with Crippen molar-refractivity contribution in [2.24, 2.45) is 5.73 Å². The Morgan fingerprint density at radius 2 is 1.64 bits per heavy atom. The number of unbranched alkanes of at least 4 members (excludes halogenated alkanes) is 2. The molecule has 0 aromatic carbocycles. The van der Waals surface area contributed by atoms with E-state index in [-0.39, 0.29) is 5.54 Å². The van der Waals surface area contributed by atoms with Crippen molar-refractivity contribution in [1.82, 2.24) is 4.90 Å². The van der Waals surface area contributed by atoms with Gasteiger partial charge in [-0.3, -0.25) is 4.90 Å². The van der Waals surface area contributed by atoms with Crippen molar-refractivity contribution < 1.29 is 0 Å². The summed E-state index contributed by atoms with van der Waals surface area (Å²) in [5, 5.41) is 0. The minimum absolute atomic E-state index is 0.244. The van der Waals surface area contributed by atoms with Gasteiger partial charge in [0.05, 0.1) is 0 Å². The number of nitrogens with zero attached hydrogens (tertiary/aromatic N) is 1. The van der Waals surface area contributed by atoms with Crippen LogP contribution in [0.4, 0.5) is 0 Å². The molecule has 0 bridgehead atoms. The topological polar surface area (TPSA) is 29.3 Å². The van der Waals surface area contributed by atoms with Gasteiger partial charge in [0.15, 0.2) is 0 Å². The molecule has 0 aliphatic rings. The highest BCUT2D eigenvalue weighted by atomic mass is 15.2. The van der Waals surface area contributed by atoms with Crippen LogP contribution < -0.4 is 5.73 Å². The standard InChI is InChI=1S/C12H28N2/c1-5-8-9-10-14(4)12(6-2,7-3)11-13/h5-11,13H2,1-4H3. The molecule has 0 saturated carbocycles. The Kier molecular flexibility index (Phi) is 7.20. The van der Waals surface area contributed by atoms with Gasteiger partial charge in [-0.15, -0.1) is 0 Å². The first-order chi connectivity index (χ1) is 6.66. The van der Waals surface area contributed by atoms with Crippen molar-refractivity contribution >= 4 is 0 Å². The van der Waals surface area contributed by atoms with E-state index in [1.54, 1.807) is 0 Å². The molecule has 0 fully saturated rings. The highest BCUT2D eigenvalue weighted by molar-refractivity contribution is 4.87. The van der Waals surface area contributed by atoms with Crippen molar-refractivity contribution in [2.45, 2.75) is 58.4 Å². The molecule has 0 unspecified atom stereocenters. The molecule has 0 spiro atoms. The molecule has 86 valence electrons. The average Bonchev–Trinajstić information content (AvgIpc) is 2.22. The van der Waals surface area contributed by atoms with Crippen molar-refractivity contribution in [3.8, 4) is 0 Å². The molecule has 0 aliphatic carbocycles. The average molecular weight is 200 g/mol. The summed E-state index contributed by atoms with van der Waals surface area (Å²) in [4.78, 5) is 2.46. The summed E-state index contributed by atoms with van der Waals surface area (Å²) >= 11 is 0. The van der Waals surface area contributed by atoms with E-state index in [0.717, 1.165) is 19.4 Å². The zero-order valence-electron chi connectivity index (χ0n) is 10.5. The van der Waals surface area contributed by atoms with Crippen molar-refractivity contribution in [3.63, 3.8) is 0 Å². The van der Waals surface area contributed by atoms with Gasteiger partial charge in [-0.05, 0) is 32.9 Å². The first kappa shape index (κ1) is 13.9.